The van der Waals surface area contributed by atoms with Crippen LogP contribution in [0.1, 0.15) is 17.2 Å². The zero-order valence-corrected chi connectivity index (χ0v) is 12.1. The molecule has 0 aliphatic carbocycles. The minimum absolute atomic E-state index is 0.108. The summed E-state index contributed by atoms with van der Waals surface area (Å²) >= 11 is 0. The van der Waals surface area contributed by atoms with Crippen molar-refractivity contribution < 1.29 is 14.4 Å². The van der Waals surface area contributed by atoms with Crippen LogP contribution in [0.4, 0.5) is 0 Å². The zero-order chi connectivity index (χ0) is 14.9. The molecule has 0 saturated carbocycles. The average molecular weight is 295 g/mol. The van der Waals surface area contributed by atoms with Gasteiger partial charge in [0.2, 0.25) is 0 Å². The molecule has 2 heterocycles. The van der Waals surface area contributed by atoms with Gasteiger partial charge in [0, 0.05) is 5.92 Å². The van der Waals surface area contributed by atoms with Gasteiger partial charge in [-0.05, 0) is 11.1 Å². The van der Waals surface area contributed by atoms with Gasteiger partial charge in [-0.1, -0.05) is 60.7 Å². The van der Waals surface area contributed by atoms with Crippen LogP contribution in [0.5, 0.6) is 0 Å². The van der Waals surface area contributed by atoms with Gasteiger partial charge in [0.05, 0.1) is 19.3 Å². The van der Waals surface area contributed by atoms with Crippen LogP contribution in [0, 0.1) is 5.92 Å². The molecule has 0 amide bonds. The minimum atomic E-state index is -0.314. The number of hydrogen-bond donors (Lipinski definition) is 0. The van der Waals surface area contributed by atoms with Gasteiger partial charge >= 0.3 is 5.97 Å². The van der Waals surface area contributed by atoms with Crippen LogP contribution in [-0.2, 0) is 14.4 Å². The molecule has 4 rings (SSSR count). The fraction of sp³-hybridized carbons (Fsp3) is 0.278. The third kappa shape index (κ3) is 2.21. The van der Waals surface area contributed by atoms with E-state index in [2.05, 4.69) is 24.3 Å². The average Bonchev–Trinajstić information content (AvgIpc) is 3.14. The van der Waals surface area contributed by atoms with Crippen molar-refractivity contribution in [2.75, 3.05) is 13.2 Å². The first-order valence-electron chi connectivity index (χ1n) is 7.52. The maximum Gasteiger partial charge on any atom is 0.326 e. The molecule has 4 nitrogen and oxygen atoms in total. The van der Waals surface area contributed by atoms with Crippen molar-refractivity contribution >= 4 is 5.97 Å². The molecule has 2 saturated heterocycles. The number of nitrogens with zero attached hydrogens (tertiary/aromatic N) is 1. The van der Waals surface area contributed by atoms with E-state index in [-0.39, 0.29) is 24.0 Å². The van der Waals surface area contributed by atoms with Gasteiger partial charge in [0.15, 0.2) is 0 Å². The summed E-state index contributed by atoms with van der Waals surface area (Å²) in [7, 11) is 0. The Labute approximate surface area is 129 Å². The van der Waals surface area contributed by atoms with E-state index in [4.69, 9.17) is 9.57 Å². The summed E-state index contributed by atoms with van der Waals surface area (Å²) in [5.41, 5.74) is 2.21. The molecular formula is C18H17NO3. The van der Waals surface area contributed by atoms with Crippen molar-refractivity contribution in [1.82, 2.24) is 5.06 Å². The Bertz CT molecular complexity index is 619. The molecule has 0 bridgehead atoms. The summed E-state index contributed by atoms with van der Waals surface area (Å²) in [6.07, 6.45) is 0. The number of hydroxylamine groups is 2. The monoisotopic (exact) mass is 295 g/mol. The molecule has 0 spiro atoms. The molecule has 22 heavy (non-hydrogen) atoms. The lowest BCUT2D eigenvalue weighted by Gasteiger charge is -2.30. The highest BCUT2D eigenvalue weighted by Crippen LogP contribution is 2.38. The lowest BCUT2D eigenvalue weighted by Crippen LogP contribution is -2.38. The van der Waals surface area contributed by atoms with Crippen molar-refractivity contribution in [3.63, 3.8) is 0 Å². The summed E-state index contributed by atoms with van der Waals surface area (Å²) in [5.74, 6) is -0.0539. The summed E-state index contributed by atoms with van der Waals surface area (Å²) < 4.78 is 5.21. The molecule has 2 aromatic carbocycles. The lowest BCUT2D eigenvalue weighted by molar-refractivity contribution is -0.177. The second-order valence-corrected chi connectivity index (χ2v) is 5.71. The molecule has 2 atom stereocenters. The van der Waals surface area contributed by atoms with Gasteiger partial charge in [0.25, 0.3) is 0 Å². The van der Waals surface area contributed by atoms with E-state index in [0.717, 1.165) is 11.1 Å². The van der Waals surface area contributed by atoms with Crippen LogP contribution in [0.15, 0.2) is 60.7 Å². The SMILES string of the molecule is O=C1OC[C@H]2CON(C(c3ccccc3)c3ccccc3)[C@@H]12. The van der Waals surface area contributed by atoms with E-state index < -0.39 is 0 Å². The number of benzene rings is 2. The number of rotatable bonds is 3. The number of fused-ring (bicyclic) bond motifs is 1. The summed E-state index contributed by atoms with van der Waals surface area (Å²) in [4.78, 5) is 18.0. The van der Waals surface area contributed by atoms with E-state index in [9.17, 15) is 4.79 Å². The van der Waals surface area contributed by atoms with E-state index in [1.807, 2.05) is 41.5 Å². The van der Waals surface area contributed by atoms with Crippen LogP contribution in [-0.4, -0.2) is 30.3 Å². The number of cyclic esters (lactones) is 1. The number of carbonyl (C=O) groups excluding carboxylic acids is 1. The Kier molecular flexibility index (Phi) is 3.41. The number of hydrogen-bond acceptors (Lipinski definition) is 4. The number of ether oxygens (including phenoxy) is 1. The highest BCUT2D eigenvalue weighted by atomic mass is 16.7. The van der Waals surface area contributed by atoms with Crippen molar-refractivity contribution in [3.8, 4) is 0 Å². The molecule has 0 radical (unpaired) electrons. The lowest BCUT2D eigenvalue weighted by atomic mass is 9.96. The summed E-state index contributed by atoms with van der Waals surface area (Å²) in [6.45, 7) is 0.989. The highest BCUT2D eigenvalue weighted by Gasteiger charge is 2.50. The predicted molar refractivity (Wildman–Crippen MR) is 80.8 cm³/mol. The molecule has 2 aliphatic rings. The molecule has 0 unspecified atom stereocenters. The highest BCUT2D eigenvalue weighted by molar-refractivity contribution is 5.78. The smallest absolute Gasteiger partial charge is 0.326 e. The standard InChI is InChI=1S/C18H17NO3/c20-18-17-15(11-21-18)12-22-19(17)16(13-7-3-1-4-8-13)14-9-5-2-6-10-14/h1-10,15-17H,11-12H2/t15-,17+/m0/s1. The van der Waals surface area contributed by atoms with E-state index >= 15 is 0 Å². The van der Waals surface area contributed by atoms with E-state index in [1.54, 1.807) is 0 Å². The van der Waals surface area contributed by atoms with Crippen molar-refractivity contribution in [2.45, 2.75) is 12.1 Å². The van der Waals surface area contributed by atoms with Crippen molar-refractivity contribution in [3.05, 3.63) is 71.8 Å². The first kappa shape index (κ1) is 13.5. The van der Waals surface area contributed by atoms with Gasteiger partial charge in [-0.25, -0.2) is 0 Å². The fourth-order valence-electron chi connectivity index (χ4n) is 3.26. The minimum Gasteiger partial charge on any atom is -0.464 e. The van der Waals surface area contributed by atoms with Crippen LogP contribution in [0.2, 0.25) is 0 Å². The number of esters is 1. The van der Waals surface area contributed by atoms with Gasteiger partial charge in [-0.3, -0.25) is 9.63 Å². The van der Waals surface area contributed by atoms with E-state index in [1.165, 1.54) is 0 Å². The summed E-state index contributed by atoms with van der Waals surface area (Å²) in [5, 5.41) is 1.82. The van der Waals surface area contributed by atoms with Gasteiger partial charge < -0.3 is 4.74 Å². The Morgan fingerprint density at radius 3 is 2.09 bits per heavy atom. The Morgan fingerprint density at radius 1 is 0.909 bits per heavy atom. The normalized spacial score (nSPS) is 24.5. The van der Waals surface area contributed by atoms with Crippen LogP contribution >= 0.6 is 0 Å². The first-order chi connectivity index (χ1) is 10.8. The van der Waals surface area contributed by atoms with Crippen LogP contribution in [0.25, 0.3) is 0 Å². The summed E-state index contributed by atoms with van der Waals surface area (Å²) in [6, 6.07) is 19.8. The zero-order valence-electron chi connectivity index (χ0n) is 12.1. The molecular weight excluding hydrogens is 278 g/mol. The quantitative estimate of drug-likeness (QED) is 0.816. The Balaban J connectivity index is 1.76. The fourth-order valence-corrected chi connectivity index (χ4v) is 3.26. The van der Waals surface area contributed by atoms with E-state index in [0.29, 0.717) is 13.2 Å². The molecule has 2 aliphatic heterocycles. The maximum atomic E-state index is 12.1. The number of carbonyl (C=O) groups is 1. The van der Waals surface area contributed by atoms with Crippen LogP contribution in [0.3, 0.4) is 0 Å². The van der Waals surface area contributed by atoms with Gasteiger partial charge in [-0.15, -0.1) is 0 Å². The van der Waals surface area contributed by atoms with Gasteiger partial charge in [-0.2, -0.15) is 5.06 Å². The van der Waals surface area contributed by atoms with Crippen molar-refractivity contribution in [1.29, 1.82) is 0 Å². The molecule has 0 N–H and O–H groups in total. The largest absolute Gasteiger partial charge is 0.464 e. The Morgan fingerprint density at radius 2 is 1.50 bits per heavy atom. The topological polar surface area (TPSA) is 38.8 Å². The molecule has 4 heteroatoms. The third-order valence-electron chi connectivity index (χ3n) is 4.32. The second kappa shape index (κ2) is 5.55. The van der Waals surface area contributed by atoms with Gasteiger partial charge in [0.1, 0.15) is 6.04 Å². The third-order valence-corrected chi connectivity index (χ3v) is 4.32. The second-order valence-electron chi connectivity index (χ2n) is 5.71. The molecule has 0 aromatic heterocycles. The molecule has 2 aromatic rings. The van der Waals surface area contributed by atoms with Crippen LogP contribution < -0.4 is 0 Å². The Hall–Kier alpha value is -2.17. The molecule has 2 fully saturated rings. The molecule has 112 valence electrons. The predicted octanol–water partition coefficient (Wildman–Crippen LogP) is 2.56. The first-order valence-corrected chi connectivity index (χ1v) is 7.52. The van der Waals surface area contributed by atoms with Crippen molar-refractivity contribution in [2.24, 2.45) is 5.92 Å². The maximum absolute atomic E-state index is 12.1.